The summed E-state index contributed by atoms with van der Waals surface area (Å²) in [4.78, 5) is 14.0. The predicted octanol–water partition coefficient (Wildman–Crippen LogP) is 2.77. The standard InChI is InChI=1S/C12H15NO.C2H6/c14-12(13-5-1-2-6-13)10-4-3-9-7-11(9)8-10;1-2/h3-4,8-9,11H,1-2,5-7H2;1-2H3. The molecule has 2 aliphatic carbocycles. The van der Waals surface area contributed by atoms with Crippen molar-refractivity contribution in [3.05, 3.63) is 23.8 Å². The molecule has 1 heterocycles. The molecule has 2 fully saturated rings. The Hall–Kier alpha value is -1.05. The Kier molecular flexibility index (Phi) is 3.47. The van der Waals surface area contributed by atoms with Gasteiger partial charge in [-0.25, -0.2) is 0 Å². The number of allylic oxidation sites excluding steroid dienone is 2. The smallest absolute Gasteiger partial charge is 0.253 e. The zero-order valence-corrected chi connectivity index (χ0v) is 10.3. The van der Waals surface area contributed by atoms with E-state index in [2.05, 4.69) is 12.2 Å². The second-order valence-electron chi connectivity index (χ2n) is 4.54. The van der Waals surface area contributed by atoms with Crippen LogP contribution in [-0.2, 0) is 4.79 Å². The second-order valence-corrected chi connectivity index (χ2v) is 4.54. The van der Waals surface area contributed by atoms with Crippen molar-refractivity contribution in [3.63, 3.8) is 0 Å². The number of nitrogens with zero attached hydrogens (tertiary/aromatic N) is 1. The van der Waals surface area contributed by atoms with Gasteiger partial charge in [0.25, 0.3) is 5.91 Å². The van der Waals surface area contributed by atoms with Gasteiger partial charge in [0.05, 0.1) is 0 Å². The topological polar surface area (TPSA) is 20.3 Å². The first-order chi connectivity index (χ1) is 7.84. The fourth-order valence-electron chi connectivity index (χ4n) is 2.41. The number of carbonyl (C=O) groups excluding carboxylic acids is 1. The van der Waals surface area contributed by atoms with Crippen LogP contribution in [0.4, 0.5) is 0 Å². The molecule has 0 aromatic carbocycles. The van der Waals surface area contributed by atoms with Crippen LogP contribution in [0.5, 0.6) is 0 Å². The molecule has 16 heavy (non-hydrogen) atoms. The van der Waals surface area contributed by atoms with E-state index in [1.807, 2.05) is 24.8 Å². The molecule has 1 amide bonds. The average molecular weight is 219 g/mol. The molecule has 1 aliphatic heterocycles. The fraction of sp³-hybridized carbons (Fsp3) is 0.643. The number of likely N-dealkylation sites (tertiary alicyclic amines) is 1. The summed E-state index contributed by atoms with van der Waals surface area (Å²) >= 11 is 0. The van der Waals surface area contributed by atoms with Gasteiger partial charge in [-0.05, 0) is 31.1 Å². The summed E-state index contributed by atoms with van der Waals surface area (Å²) in [6.45, 7) is 5.91. The molecule has 2 heteroatoms. The summed E-state index contributed by atoms with van der Waals surface area (Å²) in [5.74, 6) is 1.69. The first kappa shape index (κ1) is 11.4. The number of rotatable bonds is 1. The lowest BCUT2D eigenvalue weighted by Gasteiger charge is -2.16. The van der Waals surface area contributed by atoms with E-state index in [0.29, 0.717) is 5.92 Å². The van der Waals surface area contributed by atoms with Gasteiger partial charge < -0.3 is 4.90 Å². The van der Waals surface area contributed by atoms with E-state index >= 15 is 0 Å². The summed E-state index contributed by atoms with van der Waals surface area (Å²) in [5, 5.41) is 0. The van der Waals surface area contributed by atoms with Crippen molar-refractivity contribution in [2.45, 2.75) is 33.1 Å². The van der Waals surface area contributed by atoms with Crippen LogP contribution in [0.15, 0.2) is 23.8 Å². The van der Waals surface area contributed by atoms with Crippen molar-refractivity contribution < 1.29 is 4.79 Å². The largest absolute Gasteiger partial charge is 0.339 e. The third kappa shape index (κ3) is 2.21. The maximum Gasteiger partial charge on any atom is 0.253 e. The summed E-state index contributed by atoms with van der Waals surface area (Å²) in [5.41, 5.74) is 0.936. The monoisotopic (exact) mass is 219 g/mol. The van der Waals surface area contributed by atoms with Crippen LogP contribution in [0.25, 0.3) is 0 Å². The minimum Gasteiger partial charge on any atom is -0.339 e. The van der Waals surface area contributed by atoms with E-state index in [4.69, 9.17) is 0 Å². The Balaban J connectivity index is 0.000000457. The van der Waals surface area contributed by atoms with Gasteiger partial charge in [0.1, 0.15) is 0 Å². The first-order valence-corrected chi connectivity index (χ1v) is 6.54. The number of hydrogen-bond donors (Lipinski definition) is 0. The summed E-state index contributed by atoms with van der Waals surface area (Å²) in [7, 11) is 0. The molecule has 0 radical (unpaired) electrons. The molecular formula is C14H21NO. The van der Waals surface area contributed by atoms with Crippen LogP contribution in [0, 0.1) is 11.8 Å². The van der Waals surface area contributed by atoms with Crippen LogP contribution < -0.4 is 0 Å². The molecule has 0 aromatic rings. The molecule has 1 saturated carbocycles. The molecule has 0 N–H and O–H groups in total. The van der Waals surface area contributed by atoms with E-state index in [-0.39, 0.29) is 5.91 Å². The van der Waals surface area contributed by atoms with Crippen LogP contribution in [0.3, 0.4) is 0 Å². The second kappa shape index (κ2) is 4.86. The number of amides is 1. The number of fused-ring (bicyclic) bond motifs is 1. The minimum atomic E-state index is 0.254. The Morgan fingerprint density at radius 2 is 1.94 bits per heavy atom. The molecule has 3 rings (SSSR count). The summed E-state index contributed by atoms with van der Waals surface area (Å²) in [6, 6.07) is 0. The highest BCUT2D eigenvalue weighted by molar-refractivity contribution is 5.96. The normalized spacial score (nSPS) is 30.1. The van der Waals surface area contributed by atoms with Gasteiger partial charge in [-0.2, -0.15) is 0 Å². The zero-order valence-electron chi connectivity index (χ0n) is 10.3. The van der Waals surface area contributed by atoms with Crippen molar-refractivity contribution >= 4 is 5.91 Å². The average Bonchev–Trinajstić information content (AvgIpc) is 2.91. The molecule has 0 aromatic heterocycles. The molecule has 2 unspecified atom stereocenters. The van der Waals surface area contributed by atoms with Crippen molar-refractivity contribution in [1.29, 1.82) is 0 Å². The van der Waals surface area contributed by atoms with Crippen molar-refractivity contribution in [2.24, 2.45) is 11.8 Å². The zero-order chi connectivity index (χ0) is 11.5. The van der Waals surface area contributed by atoms with Crippen LogP contribution in [0.2, 0.25) is 0 Å². The van der Waals surface area contributed by atoms with Gasteiger partial charge in [-0.1, -0.05) is 32.1 Å². The first-order valence-electron chi connectivity index (χ1n) is 6.54. The van der Waals surface area contributed by atoms with Crippen molar-refractivity contribution in [1.82, 2.24) is 4.90 Å². The number of carbonyl (C=O) groups is 1. The predicted molar refractivity (Wildman–Crippen MR) is 66.0 cm³/mol. The third-order valence-electron chi connectivity index (χ3n) is 3.45. The highest BCUT2D eigenvalue weighted by Gasteiger charge is 2.36. The van der Waals surface area contributed by atoms with Gasteiger partial charge in [0.2, 0.25) is 0 Å². The lowest BCUT2D eigenvalue weighted by atomic mass is 10.1. The van der Waals surface area contributed by atoms with E-state index in [9.17, 15) is 4.79 Å². The Morgan fingerprint density at radius 3 is 2.56 bits per heavy atom. The Labute approximate surface area is 98.0 Å². The van der Waals surface area contributed by atoms with E-state index in [1.54, 1.807) is 0 Å². The summed E-state index contributed by atoms with van der Waals surface area (Å²) in [6.07, 6.45) is 10.0. The Bertz CT molecular complexity index is 324. The fourth-order valence-corrected chi connectivity index (χ4v) is 2.41. The maximum absolute atomic E-state index is 12.0. The lowest BCUT2D eigenvalue weighted by Crippen LogP contribution is -2.28. The van der Waals surface area contributed by atoms with Crippen LogP contribution >= 0.6 is 0 Å². The third-order valence-corrected chi connectivity index (χ3v) is 3.45. The molecule has 88 valence electrons. The van der Waals surface area contributed by atoms with E-state index < -0.39 is 0 Å². The van der Waals surface area contributed by atoms with Crippen molar-refractivity contribution in [2.75, 3.05) is 13.1 Å². The van der Waals surface area contributed by atoms with Crippen LogP contribution in [-0.4, -0.2) is 23.9 Å². The van der Waals surface area contributed by atoms with Crippen molar-refractivity contribution in [3.8, 4) is 0 Å². The quantitative estimate of drug-likeness (QED) is 0.664. The minimum absolute atomic E-state index is 0.254. The van der Waals surface area contributed by atoms with E-state index in [1.165, 1.54) is 19.3 Å². The highest BCUT2D eigenvalue weighted by Crippen LogP contribution is 2.44. The molecular weight excluding hydrogens is 198 g/mol. The van der Waals surface area contributed by atoms with E-state index in [0.717, 1.165) is 24.6 Å². The van der Waals surface area contributed by atoms with Gasteiger partial charge in [-0.3, -0.25) is 4.79 Å². The molecule has 0 spiro atoms. The Morgan fingerprint density at radius 1 is 1.25 bits per heavy atom. The SMILES string of the molecule is CC.O=C(C1=CC2CC2C=C1)N1CCCC1. The molecule has 2 nitrogen and oxygen atoms in total. The lowest BCUT2D eigenvalue weighted by molar-refractivity contribution is -0.125. The molecule has 2 atom stereocenters. The number of hydrogen-bond acceptors (Lipinski definition) is 1. The summed E-state index contributed by atoms with van der Waals surface area (Å²) < 4.78 is 0. The highest BCUT2D eigenvalue weighted by atomic mass is 16.2. The van der Waals surface area contributed by atoms with Crippen LogP contribution in [0.1, 0.15) is 33.1 Å². The molecule has 1 saturated heterocycles. The molecule has 3 aliphatic rings. The molecule has 0 bridgehead atoms. The van der Waals surface area contributed by atoms with Gasteiger partial charge in [-0.15, -0.1) is 0 Å². The van der Waals surface area contributed by atoms with Gasteiger partial charge in [0, 0.05) is 18.7 Å². The van der Waals surface area contributed by atoms with Gasteiger partial charge in [0.15, 0.2) is 0 Å². The maximum atomic E-state index is 12.0. The van der Waals surface area contributed by atoms with Gasteiger partial charge >= 0.3 is 0 Å².